The zero-order valence-electron chi connectivity index (χ0n) is 15.8. The van der Waals surface area contributed by atoms with Gasteiger partial charge >= 0.3 is 0 Å². The Balaban J connectivity index is 1.94. The van der Waals surface area contributed by atoms with Crippen LogP contribution in [-0.4, -0.2) is 45.0 Å². The molecule has 8 heteroatoms. The van der Waals surface area contributed by atoms with Crippen LogP contribution in [0, 0.1) is 0 Å². The highest BCUT2D eigenvalue weighted by atomic mass is 32.2. The van der Waals surface area contributed by atoms with E-state index in [1.807, 2.05) is 49.9 Å². The number of hydrogen-bond acceptors (Lipinski definition) is 4. The summed E-state index contributed by atoms with van der Waals surface area (Å²) in [6, 6.07) is 7.50. The Kier molecular flexibility index (Phi) is 8.24. The average molecular weight is 399 g/mol. The molecule has 1 aromatic carbocycles. The first-order valence-corrected chi connectivity index (χ1v) is 11.7. The molecule has 0 bridgehead atoms. The zero-order valence-corrected chi connectivity index (χ0v) is 17.4. The number of guanidine groups is 1. The Morgan fingerprint density at radius 3 is 2.62 bits per heavy atom. The molecule has 0 radical (unpaired) electrons. The maximum atomic E-state index is 12.2. The molecule has 1 aromatic rings. The van der Waals surface area contributed by atoms with E-state index in [1.54, 1.807) is 7.05 Å². The van der Waals surface area contributed by atoms with Crippen LogP contribution in [-0.2, 0) is 22.3 Å². The maximum absolute atomic E-state index is 12.2. The maximum Gasteiger partial charge on any atom is 0.216 e. The Labute approximate surface area is 161 Å². The fourth-order valence-electron chi connectivity index (χ4n) is 2.89. The zero-order chi connectivity index (χ0) is 19.0. The lowest BCUT2D eigenvalue weighted by molar-refractivity contribution is 0.568. The van der Waals surface area contributed by atoms with Crippen LogP contribution in [0.3, 0.4) is 0 Å². The molecule has 1 atom stereocenters. The minimum absolute atomic E-state index is 0.0201. The van der Waals surface area contributed by atoms with Gasteiger partial charge in [-0.05, 0) is 43.6 Å². The van der Waals surface area contributed by atoms with E-state index in [0.29, 0.717) is 11.8 Å². The van der Waals surface area contributed by atoms with Crippen molar-refractivity contribution in [2.75, 3.05) is 19.3 Å². The summed E-state index contributed by atoms with van der Waals surface area (Å²) in [6.45, 7) is 5.08. The van der Waals surface area contributed by atoms with Crippen LogP contribution in [0.5, 0.6) is 0 Å². The summed E-state index contributed by atoms with van der Waals surface area (Å²) in [4.78, 5) is 4.26. The second-order valence-corrected chi connectivity index (χ2v) is 9.90. The SMILES string of the molecule is CN=C(NCc1ccccc1CS(=O)(=O)NC(C)C)NCC1CCCS1. The number of rotatable bonds is 8. The molecule has 1 unspecified atom stereocenters. The fourth-order valence-corrected chi connectivity index (χ4v) is 5.59. The van der Waals surface area contributed by atoms with Crippen molar-refractivity contribution in [3.05, 3.63) is 35.4 Å². The smallest absolute Gasteiger partial charge is 0.216 e. The van der Waals surface area contributed by atoms with E-state index in [2.05, 4.69) is 20.3 Å². The van der Waals surface area contributed by atoms with E-state index in [9.17, 15) is 8.42 Å². The molecule has 0 saturated carbocycles. The number of nitrogens with zero attached hydrogens (tertiary/aromatic N) is 1. The quantitative estimate of drug-likeness (QED) is 0.461. The standard InChI is InChI=1S/C18H30N4O2S2/c1-14(2)22-26(23,24)13-16-8-5-4-7-15(16)11-20-18(19-3)21-12-17-9-6-10-25-17/h4-5,7-8,14,17,22H,6,9-13H2,1-3H3,(H2,19,20,21). The van der Waals surface area contributed by atoms with Crippen molar-refractivity contribution in [2.24, 2.45) is 4.99 Å². The Bertz CT molecular complexity index is 699. The Hall–Kier alpha value is -1.25. The van der Waals surface area contributed by atoms with Gasteiger partial charge in [-0.3, -0.25) is 4.99 Å². The van der Waals surface area contributed by atoms with Gasteiger partial charge in [-0.25, -0.2) is 13.1 Å². The predicted molar refractivity (Wildman–Crippen MR) is 111 cm³/mol. The molecule has 2 rings (SSSR count). The van der Waals surface area contributed by atoms with E-state index < -0.39 is 10.0 Å². The third kappa shape index (κ3) is 7.17. The first kappa shape index (κ1) is 21.1. The molecule has 26 heavy (non-hydrogen) atoms. The highest BCUT2D eigenvalue weighted by Gasteiger charge is 2.17. The third-order valence-corrected chi connectivity index (χ3v) is 6.99. The number of sulfonamides is 1. The molecule has 0 spiro atoms. The molecule has 146 valence electrons. The lowest BCUT2D eigenvalue weighted by atomic mass is 10.1. The largest absolute Gasteiger partial charge is 0.355 e. The molecule has 0 aromatic heterocycles. The van der Waals surface area contributed by atoms with Crippen molar-refractivity contribution >= 4 is 27.7 Å². The fraction of sp³-hybridized carbons (Fsp3) is 0.611. The number of aliphatic imine (C=N–C) groups is 1. The topological polar surface area (TPSA) is 82.6 Å². The van der Waals surface area contributed by atoms with Crippen molar-refractivity contribution in [1.82, 2.24) is 15.4 Å². The van der Waals surface area contributed by atoms with Gasteiger partial charge in [0, 0.05) is 31.4 Å². The van der Waals surface area contributed by atoms with E-state index in [4.69, 9.17) is 0 Å². The third-order valence-electron chi connectivity index (χ3n) is 4.07. The highest BCUT2D eigenvalue weighted by molar-refractivity contribution is 8.00. The second-order valence-electron chi connectivity index (χ2n) is 6.74. The summed E-state index contributed by atoms with van der Waals surface area (Å²) in [5.41, 5.74) is 1.76. The lowest BCUT2D eigenvalue weighted by Crippen LogP contribution is -2.40. The molecule has 6 nitrogen and oxygen atoms in total. The summed E-state index contributed by atoms with van der Waals surface area (Å²) in [6.07, 6.45) is 2.54. The van der Waals surface area contributed by atoms with E-state index in [0.717, 1.165) is 23.6 Å². The molecule has 1 saturated heterocycles. The van der Waals surface area contributed by atoms with Gasteiger partial charge in [0.2, 0.25) is 10.0 Å². The van der Waals surface area contributed by atoms with Crippen LogP contribution in [0.25, 0.3) is 0 Å². The Morgan fingerprint density at radius 2 is 2.00 bits per heavy atom. The monoisotopic (exact) mass is 398 g/mol. The number of hydrogen-bond donors (Lipinski definition) is 3. The molecule has 1 aliphatic rings. The van der Waals surface area contributed by atoms with Crippen molar-refractivity contribution in [3.8, 4) is 0 Å². The van der Waals surface area contributed by atoms with E-state index >= 15 is 0 Å². The van der Waals surface area contributed by atoms with E-state index in [1.165, 1.54) is 18.6 Å². The first-order valence-electron chi connectivity index (χ1n) is 9.02. The molecule has 1 aliphatic heterocycles. The molecule has 3 N–H and O–H groups in total. The van der Waals surface area contributed by atoms with Crippen LogP contribution < -0.4 is 15.4 Å². The second kappa shape index (κ2) is 10.2. The van der Waals surface area contributed by atoms with Crippen LogP contribution in [0.2, 0.25) is 0 Å². The summed E-state index contributed by atoms with van der Waals surface area (Å²) >= 11 is 2.00. The highest BCUT2D eigenvalue weighted by Crippen LogP contribution is 2.25. The van der Waals surface area contributed by atoms with Crippen LogP contribution >= 0.6 is 11.8 Å². The number of thioether (sulfide) groups is 1. The average Bonchev–Trinajstić information content (AvgIpc) is 3.08. The van der Waals surface area contributed by atoms with Gasteiger partial charge in [-0.15, -0.1) is 0 Å². The summed E-state index contributed by atoms with van der Waals surface area (Å²) < 4.78 is 27.1. The first-order chi connectivity index (χ1) is 12.4. The molecular weight excluding hydrogens is 368 g/mol. The van der Waals surface area contributed by atoms with Gasteiger partial charge in [0.15, 0.2) is 5.96 Å². The van der Waals surface area contributed by atoms with Crippen molar-refractivity contribution in [1.29, 1.82) is 0 Å². The van der Waals surface area contributed by atoms with Crippen LogP contribution in [0.4, 0.5) is 0 Å². The minimum Gasteiger partial charge on any atom is -0.355 e. The van der Waals surface area contributed by atoms with Gasteiger partial charge in [0.1, 0.15) is 0 Å². The summed E-state index contributed by atoms with van der Waals surface area (Å²) in [5.74, 6) is 1.97. The molecule has 0 aliphatic carbocycles. The van der Waals surface area contributed by atoms with Crippen LogP contribution in [0.1, 0.15) is 37.8 Å². The number of benzene rings is 1. The van der Waals surface area contributed by atoms with Crippen LogP contribution in [0.15, 0.2) is 29.3 Å². The van der Waals surface area contributed by atoms with Crippen molar-refractivity contribution in [2.45, 2.75) is 50.3 Å². The summed E-state index contributed by atoms with van der Waals surface area (Å²) in [7, 11) is -1.60. The van der Waals surface area contributed by atoms with Gasteiger partial charge in [-0.2, -0.15) is 11.8 Å². The Morgan fingerprint density at radius 1 is 1.27 bits per heavy atom. The molecule has 1 heterocycles. The minimum atomic E-state index is -3.35. The molecule has 1 fully saturated rings. The summed E-state index contributed by atoms with van der Waals surface area (Å²) in [5, 5.41) is 7.30. The predicted octanol–water partition coefficient (Wildman–Crippen LogP) is 2.07. The van der Waals surface area contributed by atoms with Gasteiger partial charge in [0.25, 0.3) is 0 Å². The van der Waals surface area contributed by atoms with Crippen molar-refractivity contribution < 1.29 is 8.42 Å². The molecular formula is C18H30N4O2S2. The number of nitrogens with one attached hydrogen (secondary N) is 3. The van der Waals surface area contributed by atoms with Gasteiger partial charge < -0.3 is 10.6 Å². The normalized spacial score (nSPS) is 18.3. The molecule has 0 amide bonds. The van der Waals surface area contributed by atoms with Gasteiger partial charge in [-0.1, -0.05) is 24.3 Å². The van der Waals surface area contributed by atoms with Crippen molar-refractivity contribution in [3.63, 3.8) is 0 Å². The van der Waals surface area contributed by atoms with Gasteiger partial charge in [0.05, 0.1) is 5.75 Å². The van der Waals surface area contributed by atoms with E-state index in [-0.39, 0.29) is 11.8 Å². The lowest BCUT2D eigenvalue weighted by Gasteiger charge is -2.16.